The molecule has 0 atom stereocenters. The molecule has 1 N–H and O–H groups in total. The van der Waals surface area contributed by atoms with Gasteiger partial charge in [-0.05, 0) is 6.42 Å². The van der Waals surface area contributed by atoms with Crippen LogP contribution in [0.15, 0.2) is 0 Å². The first kappa shape index (κ1) is 14.3. The lowest BCUT2D eigenvalue weighted by Gasteiger charge is -2.17. The molecule has 4 nitrogen and oxygen atoms in total. The van der Waals surface area contributed by atoms with E-state index in [2.05, 4.69) is 6.92 Å². The van der Waals surface area contributed by atoms with Gasteiger partial charge in [-0.2, -0.15) is 0 Å². The van der Waals surface area contributed by atoms with Crippen LogP contribution in [0.2, 0.25) is 0 Å². The van der Waals surface area contributed by atoms with Gasteiger partial charge in [0, 0.05) is 26.2 Å². The van der Waals surface area contributed by atoms with Crippen LogP contribution in [0.5, 0.6) is 0 Å². The summed E-state index contributed by atoms with van der Waals surface area (Å²) in [5.41, 5.74) is 0. The molecule has 1 saturated heterocycles. The number of hydrogen-bond donors (Lipinski definition) is 1. The first-order chi connectivity index (χ1) is 8.29. The van der Waals surface area contributed by atoms with E-state index in [0.29, 0.717) is 6.54 Å². The highest BCUT2D eigenvalue weighted by molar-refractivity contribution is 5.76. The Morgan fingerprint density at radius 3 is 2.24 bits per heavy atom. The molecule has 1 rings (SSSR count). The minimum atomic E-state index is 0.0661. The third-order valence-electron chi connectivity index (χ3n) is 3.33. The van der Waals surface area contributed by atoms with E-state index in [9.17, 15) is 4.79 Å². The van der Waals surface area contributed by atoms with Crippen molar-refractivity contribution in [3.8, 4) is 0 Å². The highest BCUT2D eigenvalue weighted by Gasteiger charge is 2.26. The van der Waals surface area contributed by atoms with Crippen LogP contribution >= 0.6 is 0 Å². The maximum Gasteiger partial charge on any atom is 0.320 e. The summed E-state index contributed by atoms with van der Waals surface area (Å²) in [5, 5.41) is 8.81. The average Bonchev–Trinajstić information content (AvgIpc) is 2.67. The lowest BCUT2D eigenvalue weighted by atomic mass is 10.1. The average molecular weight is 242 g/mol. The molecule has 0 spiro atoms. The van der Waals surface area contributed by atoms with Crippen molar-refractivity contribution in [3.63, 3.8) is 0 Å². The fourth-order valence-electron chi connectivity index (χ4n) is 2.25. The van der Waals surface area contributed by atoms with Gasteiger partial charge < -0.3 is 14.9 Å². The molecule has 0 aromatic heterocycles. The van der Waals surface area contributed by atoms with Crippen LogP contribution in [-0.4, -0.2) is 53.7 Å². The predicted octanol–water partition coefficient (Wildman–Crippen LogP) is 2.08. The van der Waals surface area contributed by atoms with E-state index in [1.807, 2.05) is 4.90 Å². The summed E-state index contributed by atoms with van der Waals surface area (Å²) < 4.78 is 0. The SMILES string of the molecule is CCCCCCCCN1CCN(CCO)C1=O. The number of amides is 2. The van der Waals surface area contributed by atoms with Crippen LogP contribution in [0.3, 0.4) is 0 Å². The molecule has 0 radical (unpaired) electrons. The van der Waals surface area contributed by atoms with Crippen LogP contribution in [0.4, 0.5) is 4.79 Å². The second kappa shape index (κ2) is 8.34. The van der Waals surface area contributed by atoms with Gasteiger partial charge in [0.05, 0.1) is 6.61 Å². The van der Waals surface area contributed by atoms with Crippen molar-refractivity contribution in [2.45, 2.75) is 45.4 Å². The number of hydrogen-bond acceptors (Lipinski definition) is 2. The second-order valence-electron chi connectivity index (χ2n) is 4.75. The first-order valence-electron chi connectivity index (χ1n) is 6.94. The molecule has 1 heterocycles. The van der Waals surface area contributed by atoms with Crippen molar-refractivity contribution in [1.82, 2.24) is 9.80 Å². The molecule has 0 saturated carbocycles. The highest BCUT2D eigenvalue weighted by Crippen LogP contribution is 2.11. The summed E-state index contributed by atoms with van der Waals surface area (Å²) >= 11 is 0. The third-order valence-corrected chi connectivity index (χ3v) is 3.33. The molecule has 2 amide bonds. The van der Waals surface area contributed by atoms with Crippen molar-refractivity contribution < 1.29 is 9.90 Å². The van der Waals surface area contributed by atoms with Gasteiger partial charge in [0.1, 0.15) is 0 Å². The summed E-state index contributed by atoms with van der Waals surface area (Å²) in [6.45, 7) is 5.25. The molecule has 1 aliphatic heterocycles. The number of carbonyl (C=O) groups is 1. The van der Waals surface area contributed by atoms with Crippen LogP contribution in [0.1, 0.15) is 45.4 Å². The number of aliphatic hydroxyl groups is 1. The molecule has 17 heavy (non-hydrogen) atoms. The number of urea groups is 1. The van der Waals surface area contributed by atoms with E-state index in [1.54, 1.807) is 4.90 Å². The van der Waals surface area contributed by atoms with Gasteiger partial charge in [0.2, 0.25) is 0 Å². The Hall–Kier alpha value is -0.770. The highest BCUT2D eigenvalue weighted by atomic mass is 16.3. The second-order valence-corrected chi connectivity index (χ2v) is 4.75. The Morgan fingerprint density at radius 2 is 1.59 bits per heavy atom. The first-order valence-corrected chi connectivity index (χ1v) is 6.94. The standard InChI is InChI=1S/C13H26N2O2/c1-2-3-4-5-6-7-8-14-9-10-15(11-12-16)13(14)17/h16H,2-12H2,1H3. The summed E-state index contributed by atoms with van der Waals surface area (Å²) in [5.74, 6) is 0. The molecule has 100 valence electrons. The predicted molar refractivity (Wildman–Crippen MR) is 69.0 cm³/mol. The van der Waals surface area contributed by atoms with E-state index in [-0.39, 0.29) is 12.6 Å². The molecule has 0 aromatic carbocycles. The zero-order valence-electron chi connectivity index (χ0n) is 11.0. The lowest BCUT2D eigenvalue weighted by molar-refractivity contribution is 0.178. The number of aliphatic hydroxyl groups excluding tert-OH is 1. The molecule has 1 aliphatic rings. The monoisotopic (exact) mass is 242 g/mol. The fourth-order valence-corrected chi connectivity index (χ4v) is 2.25. The molecule has 1 fully saturated rings. The summed E-state index contributed by atoms with van der Waals surface area (Å²) in [6, 6.07) is 0.104. The van der Waals surface area contributed by atoms with Crippen molar-refractivity contribution >= 4 is 6.03 Å². The lowest BCUT2D eigenvalue weighted by Crippen LogP contribution is -2.34. The van der Waals surface area contributed by atoms with Crippen molar-refractivity contribution in [1.29, 1.82) is 0 Å². The molecular formula is C13H26N2O2. The maximum atomic E-state index is 11.8. The number of β-amino-alcohol motifs (C(OH)–C–C–N with tert-alkyl or cyclic N) is 1. The van der Waals surface area contributed by atoms with Gasteiger partial charge in [-0.15, -0.1) is 0 Å². The van der Waals surface area contributed by atoms with E-state index in [1.165, 1.54) is 32.1 Å². The largest absolute Gasteiger partial charge is 0.395 e. The van der Waals surface area contributed by atoms with E-state index in [0.717, 1.165) is 26.1 Å². The zero-order chi connectivity index (χ0) is 12.5. The van der Waals surface area contributed by atoms with Crippen molar-refractivity contribution in [2.75, 3.05) is 32.8 Å². The zero-order valence-corrected chi connectivity index (χ0v) is 11.0. The Bertz CT molecular complexity index is 221. The van der Waals surface area contributed by atoms with Gasteiger partial charge in [-0.3, -0.25) is 0 Å². The topological polar surface area (TPSA) is 43.8 Å². The van der Waals surface area contributed by atoms with E-state index >= 15 is 0 Å². The number of rotatable bonds is 9. The summed E-state index contributed by atoms with van der Waals surface area (Å²) in [7, 11) is 0. The van der Waals surface area contributed by atoms with Crippen LogP contribution < -0.4 is 0 Å². The van der Waals surface area contributed by atoms with Gasteiger partial charge >= 0.3 is 6.03 Å². The molecule has 0 aromatic rings. The van der Waals surface area contributed by atoms with Crippen molar-refractivity contribution in [3.05, 3.63) is 0 Å². The van der Waals surface area contributed by atoms with Gasteiger partial charge in [-0.1, -0.05) is 39.0 Å². The van der Waals surface area contributed by atoms with Gasteiger partial charge in [0.15, 0.2) is 0 Å². The molecule has 0 aliphatic carbocycles. The van der Waals surface area contributed by atoms with Crippen LogP contribution in [-0.2, 0) is 0 Å². The van der Waals surface area contributed by atoms with E-state index < -0.39 is 0 Å². The van der Waals surface area contributed by atoms with E-state index in [4.69, 9.17) is 5.11 Å². The van der Waals surface area contributed by atoms with Crippen LogP contribution in [0.25, 0.3) is 0 Å². The van der Waals surface area contributed by atoms with Crippen molar-refractivity contribution in [2.24, 2.45) is 0 Å². The minimum absolute atomic E-state index is 0.0661. The molecule has 0 unspecified atom stereocenters. The third kappa shape index (κ3) is 4.94. The fraction of sp³-hybridized carbons (Fsp3) is 0.923. The maximum absolute atomic E-state index is 11.8. The summed E-state index contributed by atoms with van der Waals surface area (Å²) in [4.78, 5) is 15.4. The normalized spacial score (nSPS) is 16.0. The Balaban J connectivity index is 2.06. The molecule has 0 bridgehead atoms. The Kier molecular flexibility index (Phi) is 7.01. The number of nitrogens with zero attached hydrogens (tertiary/aromatic N) is 2. The Morgan fingerprint density at radius 1 is 1.00 bits per heavy atom. The summed E-state index contributed by atoms with van der Waals surface area (Å²) in [6.07, 6.45) is 7.55. The molecular weight excluding hydrogens is 216 g/mol. The molecule has 4 heteroatoms. The Labute approximate surface area is 105 Å². The quantitative estimate of drug-likeness (QED) is 0.629. The minimum Gasteiger partial charge on any atom is -0.395 e. The van der Waals surface area contributed by atoms with Crippen LogP contribution in [0, 0.1) is 0 Å². The van der Waals surface area contributed by atoms with Gasteiger partial charge in [-0.25, -0.2) is 4.79 Å². The number of unbranched alkanes of at least 4 members (excludes halogenated alkanes) is 5. The smallest absolute Gasteiger partial charge is 0.320 e. The van der Waals surface area contributed by atoms with Gasteiger partial charge in [0.25, 0.3) is 0 Å². The number of carbonyl (C=O) groups excluding carboxylic acids is 1.